The molecule has 3 rings (SSSR count). The number of nitrogens with zero attached hydrogens (tertiary/aromatic N) is 3. The molecule has 0 atom stereocenters. The molecule has 0 aliphatic rings. The predicted molar refractivity (Wildman–Crippen MR) is 113 cm³/mol. The van der Waals surface area contributed by atoms with Crippen LogP contribution in [-0.2, 0) is 11.3 Å². The first kappa shape index (κ1) is 21.0. The van der Waals surface area contributed by atoms with E-state index in [2.05, 4.69) is 15.5 Å². The summed E-state index contributed by atoms with van der Waals surface area (Å²) in [6.07, 6.45) is 0. The Morgan fingerprint density at radius 1 is 1.07 bits per heavy atom. The Labute approximate surface area is 178 Å². The molecule has 0 saturated heterocycles. The topological polar surface area (TPSA) is 76.9 Å². The molecule has 0 spiro atoms. The highest BCUT2D eigenvalue weighted by molar-refractivity contribution is 6.35. The van der Waals surface area contributed by atoms with Crippen molar-refractivity contribution in [3.8, 4) is 5.69 Å². The van der Waals surface area contributed by atoms with Crippen LogP contribution in [0.3, 0.4) is 0 Å². The van der Waals surface area contributed by atoms with Gasteiger partial charge in [-0.05, 0) is 37.3 Å². The van der Waals surface area contributed by atoms with Gasteiger partial charge in [-0.25, -0.2) is 0 Å². The predicted octanol–water partition coefficient (Wildman–Crippen LogP) is 4.39. The lowest BCUT2D eigenvalue weighted by Crippen LogP contribution is -2.28. The van der Waals surface area contributed by atoms with Gasteiger partial charge < -0.3 is 5.32 Å². The van der Waals surface area contributed by atoms with E-state index < -0.39 is 0 Å². The maximum absolute atomic E-state index is 13.2. The summed E-state index contributed by atoms with van der Waals surface area (Å²) in [6.45, 7) is 5.58. The molecule has 0 saturated carbocycles. The number of carbonyl (C=O) groups excluding carboxylic acids is 2. The van der Waals surface area contributed by atoms with E-state index >= 15 is 0 Å². The molecular weight excluding hydrogens is 411 g/mol. The summed E-state index contributed by atoms with van der Waals surface area (Å²) in [5.74, 6) is 0.570. The van der Waals surface area contributed by atoms with Gasteiger partial charge in [0.15, 0.2) is 11.6 Å². The van der Waals surface area contributed by atoms with Crippen LogP contribution in [-0.4, -0.2) is 26.5 Å². The minimum atomic E-state index is -0.265. The number of benzene rings is 2. The number of aromatic nitrogens is 3. The van der Waals surface area contributed by atoms with Crippen molar-refractivity contribution >= 4 is 34.9 Å². The largest absolute Gasteiger partial charge is 0.349 e. The zero-order valence-electron chi connectivity index (χ0n) is 16.2. The maximum atomic E-state index is 13.2. The third-order valence-electron chi connectivity index (χ3n) is 4.40. The van der Waals surface area contributed by atoms with Crippen molar-refractivity contribution in [2.24, 2.45) is 5.92 Å². The van der Waals surface area contributed by atoms with Gasteiger partial charge in [-0.15, -0.1) is 10.2 Å². The number of aryl methyl sites for hydroxylation is 1. The van der Waals surface area contributed by atoms with Gasteiger partial charge in [0.1, 0.15) is 5.82 Å². The quantitative estimate of drug-likeness (QED) is 0.588. The van der Waals surface area contributed by atoms with Crippen molar-refractivity contribution in [1.29, 1.82) is 0 Å². The average Bonchev–Trinajstić information content (AvgIpc) is 3.06. The van der Waals surface area contributed by atoms with Gasteiger partial charge in [0.2, 0.25) is 5.91 Å². The van der Waals surface area contributed by atoms with E-state index in [-0.39, 0.29) is 24.2 Å². The van der Waals surface area contributed by atoms with Crippen LogP contribution in [0.2, 0.25) is 10.0 Å². The van der Waals surface area contributed by atoms with Gasteiger partial charge in [-0.1, -0.05) is 49.2 Å². The van der Waals surface area contributed by atoms with Crippen molar-refractivity contribution in [1.82, 2.24) is 20.1 Å². The van der Waals surface area contributed by atoms with Crippen molar-refractivity contribution in [2.45, 2.75) is 27.3 Å². The third kappa shape index (κ3) is 4.49. The molecular formula is C21H20Cl2N4O2. The Morgan fingerprint density at radius 2 is 1.79 bits per heavy atom. The fraction of sp³-hybridized carbons (Fsp3) is 0.238. The highest BCUT2D eigenvalue weighted by Gasteiger charge is 2.21. The number of carbonyl (C=O) groups is 2. The summed E-state index contributed by atoms with van der Waals surface area (Å²) in [7, 11) is 0. The summed E-state index contributed by atoms with van der Waals surface area (Å²) in [5.41, 5.74) is 1.30. The first-order chi connectivity index (χ1) is 13.8. The van der Waals surface area contributed by atoms with Crippen LogP contribution in [0.4, 0.5) is 0 Å². The van der Waals surface area contributed by atoms with Gasteiger partial charge in [0.25, 0.3) is 0 Å². The standard InChI is InChI=1S/C21H20Cl2N4O2/c1-12(2)21(29)24-11-19-26-25-13(3)27(19)18-9-8-14(22)10-16(18)20(28)15-6-4-5-7-17(15)23/h4-10,12H,11H2,1-3H3,(H,24,29). The molecule has 1 heterocycles. The lowest BCUT2D eigenvalue weighted by Gasteiger charge is -2.15. The third-order valence-corrected chi connectivity index (χ3v) is 4.96. The van der Waals surface area contributed by atoms with E-state index in [4.69, 9.17) is 23.2 Å². The number of nitrogens with one attached hydrogen (secondary N) is 1. The molecule has 1 aromatic heterocycles. The highest BCUT2D eigenvalue weighted by Crippen LogP contribution is 2.27. The van der Waals surface area contributed by atoms with E-state index in [1.54, 1.807) is 54.0 Å². The van der Waals surface area contributed by atoms with Gasteiger partial charge in [-0.2, -0.15) is 0 Å². The summed E-state index contributed by atoms with van der Waals surface area (Å²) in [5, 5.41) is 11.9. The SMILES string of the molecule is Cc1nnc(CNC(=O)C(C)C)n1-c1ccc(Cl)cc1C(=O)c1ccccc1Cl. The Balaban J connectivity index is 2.07. The second kappa shape index (κ2) is 8.76. The summed E-state index contributed by atoms with van der Waals surface area (Å²) in [4.78, 5) is 25.2. The molecule has 0 radical (unpaired) electrons. The molecule has 0 bridgehead atoms. The van der Waals surface area contributed by atoms with E-state index in [1.807, 2.05) is 13.8 Å². The van der Waals surface area contributed by atoms with Gasteiger partial charge in [-0.3, -0.25) is 14.2 Å². The summed E-state index contributed by atoms with van der Waals surface area (Å²) in [6, 6.07) is 11.9. The first-order valence-electron chi connectivity index (χ1n) is 9.07. The van der Waals surface area contributed by atoms with E-state index in [1.165, 1.54) is 0 Å². The molecule has 2 aromatic carbocycles. The van der Waals surface area contributed by atoms with Crippen molar-refractivity contribution < 1.29 is 9.59 Å². The number of hydrogen-bond donors (Lipinski definition) is 1. The Hall–Kier alpha value is -2.70. The van der Waals surface area contributed by atoms with Crippen LogP contribution in [0.1, 0.15) is 41.4 Å². The lowest BCUT2D eigenvalue weighted by molar-refractivity contribution is -0.124. The maximum Gasteiger partial charge on any atom is 0.222 e. The zero-order valence-corrected chi connectivity index (χ0v) is 17.8. The second-order valence-corrected chi connectivity index (χ2v) is 7.69. The van der Waals surface area contributed by atoms with Crippen LogP contribution < -0.4 is 5.32 Å². The monoisotopic (exact) mass is 430 g/mol. The number of ketones is 1. The molecule has 0 unspecified atom stereocenters. The molecule has 29 heavy (non-hydrogen) atoms. The van der Waals surface area contributed by atoms with Crippen molar-refractivity contribution in [2.75, 3.05) is 0 Å². The van der Waals surface area contributed by atoms with E-state index in [9.17, 15) is 9.59 Å². The Kier molecular flexibility index (Phi) is 6.35. The molecule has 0 aliphatic heterocycles. The Morgan fingerprint density at radius 3 is 2.48 bits per heavy atom. The Bertz CT molecular complexity index is 1080. The minimum absolute atomic E-state index is 0.0966. The zero-order chi connectivity index (χ0) is 21.1. The lowest BCUT2D eigenvalue weighted by atomic mass is 10.0. The molecule has 1 amide bonds. The van der Waals surface area contributed by atoms with Crippen LogP contribution >= 0.6 is 23.2 Å². The molecule has 0 aliphatic carbocycles. The van der Waals surface area contributed by atoms with Crippen LogP contribution in [0, 0.1) is 12.8 Å². The van der Waals surface area contributed by atoms with Gasteiger partial charge >= 0.3 is 0 Å². The molecule has 6 nitrogen and oxygen atoms in total. The van der Waals surface area contributed by atoms with E-state index in [0.29, 0.717) is 38.5 Å². The van der Waals surface area contributed by atoms with Crippen molar-refractivity contribution in [3.05, 3.63) is 75.3 Å². The van der Waals surface area contributed by atoms with E-state index in [0.717, 1.165) is 0 Å². The summed E-state index contributed by atoms with van der Waals surface area (Å²) >= 11 is 12.4. The number of halogens is 2. The number of hydrogen-bond acceptors (Lipinski definition) is 4. The van der Waals surface area contributed by atoms with Crippen LogP contribution in [0.5, 0.6) is 0 Å². The van der Waals surface area contributed by atoms with Gasteiger partial charge in [0, 0.05) is 22.1 Å². The fourth-order valence-corrected chi connectivity index (χ4v) is 3.27. The normalized spacial score (nSPS) is 11.0. The molecule has 150 valence electrons. The molecule has 8 heteroatoms. The van der Waals surface area contributed by atoms with Crippen molar-refractivity contribution in [3.63, 3.8) is 0 Å². The molecule has 1 N–H and O–H groups in total. The number of rotatable bonds is 6. The summed E-state index contributed by atoms with van der Waals surface area (Å²) < 4.78 is 1.74. The van der Waals surface area contributed by atoms with Crippen LogP contribution in [0.15, 0.2) is 42.5 Å². The second-order valence-electron chi connectivity index (χ2n) is 6.84. The van der Waals surface area contributed by atoms with Gasteiger partial charge in [0.05, 0.1) is 17.3 Å². The minimum Gasteiger partial charge on any atom is -0.349 e. The molecule has 0 fully saturated rings. The smallest absolute Gasteiger partial charge is 0.222 e. The highest BCUT2D eigenvalue weighted by atomic mass is 35.5. The number of amides is 1. The first-order valence-corrected chi connectivity index (χ1v) is 9.83. The molecule has 3 aromatic rings. The fourth-order valence-electron chi connectivity index (χ4n) is 2.88. The average molecular weight is 431 g/mol. The van der Waals surface area contributed by atoms with Crippen LogP contribution in [0.25, 0.3) is 5.69 Å².